The lowest BCUT2D eigenvalue weighted by Crippen LogP contribution is -2.22. The summed E-state index contributed by atoms with van der Waals surface area (Å²) in [4.78, 5) is 21.1. The number of nitrogens with one attached hydrogen (secondary N) is 1. The maximum absolute atomic E-state index is 11.8. The number of nitrogens with zero attached hydrogens (tertiary/aromatic N) is 2. The van der Waals surface area contributed by atoms with Gasteiger partial charge in [0.1, 0.15) is 10.8 Å². The first-order valence-electron chi connectivity index (χ1n) is 5.62. The van der Waals surface area contributed by atoms with Crippen molar-refractivity contribution in [2.75, 3.05) is 5.73 Å². The van der Waals surface area contributed by atoms with E-state index in [-0.39, 0.29) is 5.91 Å². The van der Waals surface area contributed by atoms with E-state index in [9.17, 15) is 4.79 Å². The van der Waals surface area contributed by atoms with Crippen LogP contribution < -0.4 is 11.1 Å². The molecule has 18 heavy (non-hydrogen) atoms. The molecule has 2 rings (SSSR count). The smallest absolute Gasteiger partial charge is 0.253 e. The highest BCUT2D eigenvalue weighted by atomic mass is 32.1. The van der Waals surface area contributed by atoms with Crippen LogP contribution in [0.25, 0.3) is 0 Å². The number of nitrogen functional groups attached to an aromatic ring is 1. The van der Waals surface area contributed by atoms with Crippen LogP contribution in [0.1, 0.15) is 27.2 Å². The second-order valence-corrected chi connectivity index (χ2v) is 4.93. The lowest BCUT2D eigenvalue weighted by Gasteiger charge is -2.02. The van der Waals surface area contributed by atoms with E-state index in [0.717, 1.165) is 11.4 Å². The van der Waals surface area contributed by atoms with Crippen molar-refractivity contribution in [1.29, 1.82) is 0 Å². The van der Waals surface area contributed by atoms with E-state index in [4.69, 9.17) is 5.73 Å². The summed E-state index contributed by atoms with van der Waals surface area (Å²) >= 11 is 1.61. The lowest BCUT2D eigenvalue weighted by atomic mass is 10.2. The van der Waals surface area contributed by atoms with Gasteiger partial charge in [-0.2, -0.15) is 0 Å². The van der Waals surface area contributed by atoms with Gasteiger partial charge in [0.2, 0.25) is 0 Å². The van der Waals surface area contributed by atoms with E-state index in [1.807, 2.05) is 6.20 Å². The van der Waals surface area contributed by atoms with Crippen molar-refractivity contribution < 1.29 is 4.79 Å². The number of thiazole rings is 1. The molecule has 2 heterocycles. The highest BCUT2D eigenvalue weighted by Crippen LogP contribution is 2.13. The van der Waals surface area contributed by atoms with E-state index in [1.54, 1.807) is 23.5 Å². The molecule has 3 N–H and O–H groups in total. The molecule has 0 saturated heterocycles. The van der Waals surface area contributed by atoms with E-state index in [2.05, 4.69) is 22.2 Å². The summed E-state index contributed by atoms with van der Waals surface area (Å²) in [6.07, 6.45) is 4.27. The van der Waals surface area contributed by atoms with Gasteiger partial charge in [-0.3, -0.25) is 4.79 Å². The van der Waals surface area contributed by atoms with Crippen LogP contribution >= 0.6 is 11.3 Å². The van der Waals surface area contributed by atoms with Crippen molar-refractivity contribution in [3.8, 4) is 0 Å². The normalized spacial score (nSPS) is 10.3. The molecule has 0 unspecified atom stereocenters. The molecule has 0 saturated carbocycles. The number of hydrogen-bond acceptors (Lipinski definition) is 5. The molecular weight excluding hydrogens is 248 g/mol. The quantitative estimate of drug-likeness (QED) is 0.877. The van der Waals surface area contributed by atoms with E-state index in [0.29, 0.717) is 17.9 Å². The molecule has 94 valence electrons. The summed E-state index contributed by atoms with van der Waals surface area (Å²) in [6.45, 7) is 2.52. The van der Waals surface area contributed by atoms with E-state index < -0.39 is 0 Å². The average molecular weight is 262 g/mol. The number of pyridine rings is 1. The molecule has 0 spiro atoms. The fourth-order valence-electron chi connectivity index (χ4n) is 1.39. The monoisotopic (exact) mass is 262 g/mol. The summed E-state index contributed by atoms with van der Waals surface area (Å²) in [6, 6.07) is 3.25. The molecule has 5 nitrogen and oxygen atoms in total. The Morgan fingerprint density at radius 1 is 1.39 bits per heavy atom. The standard InChI is InChI=1S/C12H14N4OS/c1-2-9-6-15-11(18-9)7-16-12(17)8-3-4-10(13)14-5-8/h3-6H,2,7H2,1H3,(H2,13,14)(H,16,17). The topological polar surface area (TPSA) is 80.9 Å². The average Bonchev–Trinajstić information content (AvgIpc) is 2.85. The summed E-state index contributed by atoms with van der Waals surface area (Å²) < 4.78 is 0. The number of rotatable bonds is 4. The maximum Gasteiger partial charge on any atom is 0.253 e. The Labute approximate surface area is 109 Å². The Morgan fingerprint density at radius 3 is 2.83 bits per heavy atom. The number of anilines is 1. The largest absolute Gasteiger partial charge is 0.384 e. The number of aromatic nitrogens is 2. The second-order valence-electron chi connectivity index (χ2n) is 3.73. The zero-order valence-corrected chi connectivity index (χ0v) is 10.8. The van der Waals surface area contributed by atoms with Gasteiger partial charge in [-0.25, -0.2) is 9.97 Å². The Bertz CT molecular complexity index is 535. The van der Waals surface area contributed by atoms with Crippen molar-refractivity contribution >= 4 is 23.1 Å². The molecular formula is C12H14N4OS. The Hall–Kier alpha value is -1.95. The van der Waals surface area contributed by atoms with Crippen molar-refractivity contribution in [2.24, 2.45) is 0 Å². The fourth-order valence-corrected chi connectivity index (χ4v) is 2.19. The number of nitrogens with two attached hydrogens (primary N) is 1. The Balaban J connectivity index is 1.93. The van der Waals surface area contributed by atoms with E-state index in [1.165, 1.54) is 11.1 Å². The predicted molar refractivity (Wildman–Crippen MR) is 71.3 cm³/mol. The molecule has 6 heteroatoms. The van der Waals surface area contributed by atoms with Crippen LogP contribution in [0.2, 0.25) is 0 Å². The zero-order valence-electron chi connectivity index (χ0n) is 10.0. The zero-order chi connectivity index (χ0) is 13.0. The van der Waals surface area contributed by atoms with Gasteiger partial charge in [0.25, 0.3) is 5.91 Å². The van der Waals surface area contributed by atoms with Crippen LogP contribution in [0.3, 0.4) is 0 Å². The summed E-state index contributed by atoms with van der Waals surface area (Å²) in [5, 5.41) is 3.71. The van der Waals surface area contributed by atoms with Gasteiger partial charge in [0.15, 0.2) is 0 Å². The Kier molecular flexibility index (Phi) is 3.88. The van der Waals surface area contributed by atoms with Gasteiger partial charge < -0.3 is 11.1 Å². The SMILES string of the molecule is CCc1cnc(CNC(=O)c2ccc(N)nc2)s1. The number of aryl methyl sites for hydroxylation is 1. The van der Waals surface area contributed by atoms with Crippen LogP contribution in [0.5, 0.6) is 0 Å². The molecule has 0 radical (unpaired) electrons. The van der Waals surface area contributed by atoms with Crippen molar-refractivity contribution in [1.82, 2.24) is 15.3 Å². The molecule has 0 fully saturated rings. The molecule has 2 aromatic heterocycles. The molecule has 0 atom stereocenters. The molecule has 1 amide bonds. The third kappa shape index (κ3) is 3.04. The minimum atomic E-state index is -0.171. The van der Waals surface area contributed by atoms with Crippen molar-refractivity contribution in [2.45, 2.75) is 19.9 Å². The maximum atomic E-state index is 11.8. The van der Waals surface area contributed by atoms with Gasteiger partial charge >= 0.3 is 0 Å². The minimum Gasteiger partial charge on any atom is -0.384 e. The van der Waals surface area contributed by atoms with Gasteiger partial charge in [-0.05, 0) is 18.6 Å². The van der Waals surface area contributed by atoms with Gasteiger partial charge in [-0.15, -0.1) is 11.3 Å². The number of carbonyl (C=O) groups is 1. The van der Waals surface area contributed by atoms with Crippen LogP contribution in [0.4, 0.5) is 5.82 Å². The van der Waals surface area contributed by atoms with Crippen LogP contribution in [0, 0.1) is 0 Å². The summed E-state index contributed by atoms with van der Waals surface area (Å²) in [7, 11) is 0. The first kappa shape index (κ1) is 12.5. The van der Waals surface area contributed by atoms with Gasteiger partial charge in [0.05, 0.1) is 12.1 Å². The third-order valence-electron chi connectivity index (χ3n) is 2.40. The minimum absolute atomic E-state index is 0.171. The van der Waals surface area contributed by atoms with Crippen LogP contribution in [0.15, 0.2) is 24.5 Å². The number of carbonyl (C=O) groups excluding carboxylic acids is 1. The lowest BCUT2D eigenvalue weighted by molar-refractivity contribution is 0.0950. The Morgan fingerprint density at radius 2 is 2.22 bits per heavy atom. The second kappa shape index (κ2) is 5.59. The fraction of sp³-hybridized carbons (Fsp3) is 0.250. The molecule has 0 bridgehead atoms. The summed E-state index contributed by atoms with van der Waals surface area (Å²) in [5.41, 5.74) is 5.96. The molecule has 0 aliphatic carbocycles. The molecule has 0 aliphatic rings. The van der Waals surface area contributed by atoms with Crippen molar-refractivity contribution in [3.05, 3.63) is 40.0 Å². The van der Waals surface area contributed by atoms with Gasteiger partial charge in [-0.1, -0.05) is 6.92 Å². The highest BCUT2D eigenvalue weighted by Gasteiger charge is 2.07. The van der Waals surface area contributed by atoms with E-state index >= 15 is 0 Å². The highest BCUT2D eigenvalue weighted by molar-refractivity contribution is 7.11. The summed E-state index contributed by atoms with van der Waals surface area (Å²) in [5.74, 6) is 0.231. The first-order valence-corrected chi connectivity index (χ1v) is 6.44. The molecule has 0 aliphatic heterocycles. The number of hydrogen-bond donors (Lipinski definition) is 2. The molecule has 2 aromatic rings. The molecule has 0 aromatic carbocycles. The van der Waals surface area contributed by atoms with Crippen molar-refractivity contribution in [3.63, 3.8) is 0 Å². The van der Waals surface area contributed by atoms with Crippen LogP contribution in [-0.4, -0.2) is 15.9 Å². The predicted octanol–water partition coefficient (Wildman–Crippen LogP) is 1.61. The van der Waals surface area contributed by atoms with Gasteiger partial charge in [0, 0.05) is 17.3 Å². The third-order valence-corrected chi connectivity index (χ3v) is 3.54. The van der Waals surface area contributed by atoms with Crippen LogP contribution in [-0.2, 0) is 13.0 Å². The number of amides is 1. The first-order chi connectivity index (χ1) is 8.69.